The van der Waals surface area contributed by atoms with Gasteiger partial charge in [0.25, 0.3) is 0 Å². The summed E-state index contributed by atoms with van der Waals surface area (Å²) < 4.78 is 2.14. The Hall–Kier alpha value is -2.34. The summed E-state index contributed by atoms with van der Waals surface area (Å²) in [5.74, 6) is 0. The first kappa shape index (κ1) is 14.1. The van der Waals surface area contributed by atoms with Gasteiger partial charge in [0.15, 0.2) is 0 Å². The first-order chi connectivity index (χ1) is 9.43. The van der Waals surface area contributed by atoms with Crippen LogP contribution in [0.1, 0.15) is 19.9 Å². The first-order valence-electron chi connectivity index (χ1n) is 6.26. The number of aliphatic hydroxyl groups is 1. The smallest absolute Gasteiger partial charge is 0.352 e. The fraction of sp³-hybridized carbons (Fsp3) is 0.286. The molecule has 1 aromatic heterocycles. The third-order valence-corrected chi connectivity index (χ3v) is 3.07. The molecule has 0 saturated heterocycles. The highest BCUT2D eigenvalue weighted by atomic mass is 16.3. The van der Waals surface area contributed by atoms with Crippen molar-refractivity contribution >= 4 is 0 Å². The highest BCUT2D eigenvalue weighted by molar-refractivity contribution is 5.30. The predicted octanol–water partition coefficient (Wildman–Crippen LogP) is 0.825. The Labute approximate surface area is 115 Å². The molecule has 106 valence electrons. The van der Waals surface area contributed by atoms with E-state index in [-0.39, 0.29) is 0 Å². The van der Waals surface area contributed by atoms with Gasteiger partial charge in [0.2, 0.25) is 0 Å². The van der Waals surface area contributed by atoms with Gasteiger partial charge in [-0.25, -0.2) is 23.9 Å². The summed E-state index contributed by atoms with van der Waals surface area (Å²) in [5.41, 5.74) is -0.0182. The van der Waals surface area contributed by atoms with Gasteiger partial charge in [-0.2, -0.15) is 0 Å². The standard InChI is InChI=1S/C14H17N3O3/c1-9(2)12(10(3)18)17-14(20)16(13(19)15-17)11-7-5-4-6-8-11/h4-8,10,12,18H,1H2,2-3H3,(H,15,19)/t10-,12-/m0/s1. The average molecular weight is 275 g/mol. The largest absolute Gasteiger partial charge is 0.391 e. The van der Waals surface area contributed by atoms with Crippen LogP contribution in [0.4, 0.5) is 0 Å². The normalized spacial score (nSPS) is 13.9. The van der Waals surface area contributed by atoms with Gasteiger partial charge >= 0.3 is 11.4 Å². The van der Waals surface area contributed by atoms with Gasteiger partial charge in [0.05, 0.1) is 11.8 Å². The van der Waals surface area contributed by atoms with E-state index in [9.17, 15) is 14.7 Å². The Morgan fingerprint density at radius 3 is 2.40 bits per heavy atom. The SMILES string of the molecule is C=C(C)[C@@H]([C@H](C)O)n1[nH]c(=O)n(-c2ccccc2)c1=O. The van der Waals surface area contributed by atoms with Crippen molar-refractivity contribution in [1.82, 2.24) is 14.3 Å². The van der Waals surface area contributed by atoms with Gasteiger partial charge in [0, 0.05) is 0 Å². The maximum atomic E-state index is 12.4. The topological polar surface area (TPSA) is 80.0 Å². The molecule has 0 aliphatic heterocycles. The fourth-order valence-corrected chi connectivity index (χ4v) is 2.24. The van der Waals surface area contributed by atoms with E-state index < -0.39 is 23.5 Å². The van der Waals surface area contributed by atoms with Crippen molar-refractivity contribution in [2.75, 3.05) is 0 Å². The van der Waals surface area contributed by atoms with Crippen LogP contribution in [0.5, 0.6) is 0 Å². The number of nitrogens with one attached hydrogen (secondary N) is 1. The van der Waals surface area contributed by atoms with Crippen LogP contribution in [0.15, 0.2) is 52.1 Å². The van der Waals surface area contributed by atoms with Gasteiger partial charge in [-0.1, -0.05) is 30.4 Å². The molecule has 1 heterocycles. The fourth-order valence-electron chi connectivity index (χ4n) is 2.24. The third-order valence-electron chi connectivity index (χ3n) is 3.07. The summed E-state index contributed by atoms with van der Waals surface area (Å²) in [5, 5.41) is 12.2. The summed E-state index contributed by atoms with van der Waals surface area (Å²) in [6.07, 6.45) is -0.840. The van der Waals surface area contributed by atoms with Gasteiger partial charge in [0.1, 0.15) is 6.04 Å². The van der Waals surface area contributed by atoms with Crippen LogP contribution in [-0.4, -0.2) is 25.6 Å². The Balaban J connectivity index is 2.64. The van der Waals surface area contributed by atoms with Crippen LogP contribution >= 0.6 is 0 Å². The van der Waals surface area contributed by atoms with Crippen molar-refractivity contribution in [2.45, 2.75) is 26.0 Å². The van der Waals surface area contributed by atoms with E-state index in [1.807, 2.05) is 0 Å². The lowest BCUT2D eigenvalue weighted by molar-refractivity contribution is 0.138. The third kappa shape index (κ3) is 2.37. The summed E-state index contributed by atoms with van der Waals surface area (Å²) in [6.45, 7) is 7.00. The van der Waals surface area contributed by atoms with Crippen LogP contribution in [0.3, 0.4) is 0 Å². The van der Waals surface area contributed by atoms with Gasteiger partial charge in [-0.05, 0) is 26.0 Å². The molecule has 2 rings (SSSR count). The molecule has 0 saturated carbocycles. The molecule has 1 aromatic carbocycles. The maximum Gasteiger partial charge on any atom is 0.352 e. The van der Waals surface area contributed by atoms with Crippen LogP contribution < -0.4 is 11.4 Å². The summed E-state index contributed by atoms with van der Waals surface area (Å²) in [4.78, 5) is 24.4. The number of para-hydroxylation sites is 1. The zero-order valence-electron chi connectivity index (χ0n) is 11.4. The lowest BCUT2D eigenvalue weighted by Crippen LogP contribution is -2.33. The van der Waals surface area contributed by atoms with Crippen molar-refractivity contribution in [3.05, 3.63) is 63.5 Å². The van der Waals surface area contributed by atoms with E-state index in [0.29, 0.717) is 11.3 Å². The number of H-pyrrole nitrogens is 1. The van der Waals surface area contributed by atoms with Crippen molar-refractivity contribution < 1.29 is 5.11 Å². The van der Waals surface area contributed by atoms with E-state index >= 15 is 0 Å². The average Bonchev–Trinajstić information content (AvgIpc) is 2.65. The van der Waals surface area contributed by atoms with Crippen molar-refractivity contribution in [1.29, 1.82) is 0 Å². The first-order valence-corrected chi connectivity index (χ1v) is 6.26. The van der Waals surface area contributed by atoms with Gasteiger partial charge < -0.3 is 5.11 Å². The van der Waals surface area contributed by atoms with Gasteiger partial charge in [-0.3, -0.25) is 0 Å². The van der Waals surface area contributed by atoms with E-state index in [4.69, 9.17) is 0 Å². The second-order valence-electron chi connectivity index (χ2n) is 4.77. The number of aliphatic hydroxyl groups excluding tert-OH is 1. The van der Waals surface area contributed by atoms with Crippen molar-refractivity contribution in [3.63, 3.8) is 0 Å². The number of nitrogens with zero attached hydrogens (tertiary/aromatic N) is 2. The molecular weight excluding hydrogens is 258 g/mol. The molecule has 20 heavy (non-hydrogen) atoms. The second-order valence-corrected chi connectivity index (χ2v) is 4.77. The Morgan fingerprint density at radius 1 is 1.30 bits per heavy atom. The molecule has 6 heteroatoms. The highest BCUT2D eigenvalue weighted by Gasteiger charge is 2.23. The van der Waals surface area contributed by atoms with Crippen LogP contribution in [0.25, 0.3) is 5.69 Å². The van der Waals surface area contributed by atoms with Crippen LogP contribution in [0, 0.1) is 0 Å². The van der Waals surface area contributed by atoms with Gasteiger partial charge in [-0.15, -0.1) is 0 Å². The minimum atomic E-state index is -0.840. The minimum absolute atomic E-state index is 0.476. The van der Waals surface area contributed by atoms with E-state index in [2.05, 4.69) is 11.7 Å². The molecule has 0 amide bonds. The number of benzene rings is 1. The molecule has 6 nitrogen and oxygen atoms in total. The monoisotopic (exact) mass is 275 g/mol. The highest BCUT2D eigenvalue weighted by Crippen LogP contribution is 2.16. The second kappa shape index (κ2) is 5.34. The van der Waals surface area contributed by atoms with E-state index in [1.165, 1.54) is 0 Å². The number of rotatable bonds is 4. The zero-order chi connectivity index (χ0) is 14.9. The Kier molecular flexibility index (Phi) is 3.76. The molecule has 0 aliphatic rings. The molecule has 0 spiro atoms. The summed E-state index contributed by atoms with van der Waals surface area (Å²) in [7, 11) is 0. The number of aromatic amines is 1. The maximum absolute atomic E-state index is 12.4. The van der Waals surface area contributed by atoms with E-state index in [0.717, 1.165) is 9.25 Å². The molecule has 2 N–H and O–H groups in total. The molecule has 2 aromatic rings. The summed E-state index contributed by atoms with van der Waals surface area (Å²) >= 11 is 0. The number of hydrogen-bond acceptors (Lipinski definition) is 3. The molecule has 0 radical (unpaired) electrons. The lowest BCUT2D eigenvalue weighted by Gasteiger charge is -2.19. The number of aromatic nitrogens is 3. The lowest BCUT2D eigenvalue weighted by atomic mass is 10.1. The Morgan fingerprint density at radius 2 is 1.90 bits per heavy atom. The number of hydrogen-bond donors (Lipinski definition) is 2. The molecule has 0 aliphatic carbocycles. The predicted molar refractivity (Wildman–Crippen MR) is 76.2 cm³/mol. The van der Waals surface area contributed by atoms with Crippen molar-refractivity contribution in [3.8, 4) is 5.69 Å². The molecular formula is C14H17N3O3. The van der Waals surface area contributed by atoms with Crippen molar-refractivity contribution in [2.24, 2.45) is 0 Å². The molecule has 0 fully saturated rings. The molecule has 0 unspecified atom stereocenters. The molecule has 2 atom stereocenters. The summed E-state index contributed by atoms with van der Waals surface area (Å²) in [6, 6.07) is 7.94. The van der Waals surface area contributed by atoms with Crippen LogP contribution in [0.2, 0.25) is 0 Å². The van der Waals surface area contributed by atoms with Crippen LogP contribution in [-0.2, 0) is 0 Å². The minimum Gasteiger partial charge on any atom is -0.391 e. The van der Waals surface area contributed by atoms with E-state index in [1.54, 1.807) is 44.2 Å². The Bertz CT molecular complexity index is 722. The quantitative estimate of drug-likeness (QED) is 0.811. The zero-order valence-corrected chi connectivity index (χ0v) is 11.4. The molecule has 0 bridgehead atoms.